The molecule has 98 valence electrons. The standard InChI is InChI=1S/C12H23N3O2/c1-3-6-13-12(17)14-11(16)9-15-7-4-5-10(2)8-15/h10H,3-9H2,1-2H3,(H2,13,14,16,17)/p+1/t10-/m1/s1. The Morgan fingerprint density at radius 2 is 2.18 bits per heavy atom. The van der Waals surface area contributed by atoms with Gasteiger partial charge in [-0.2, -0.15) is 0 Å². The monoisotopic (exact) mass is 242 g/mol. The van der Waals surface area contributed by atoms with Gasteiger partial charge in [-0.15, -0.1) is 0 Å². The second-order valence-electron chi connectivity index (χ2n) is 4.93. The van der Waals surface area contributed by atoms with Gasteiger partial charge in [0.05, 0.1) is 13.1 Å². The molecule has 0 bridgehead atoms. The number of rotatable bonds is 4. The van der Waals surface area contributed by atoms with Crippen LogP contribution in [0.15, 0.2) is 0 Å². The summed E-state index contributed by atoms with van der Waals surface area (Å²) in [5, 5.41) is 5.00. The Hall–Kier alpha value is -1.10. The number of urea groups is 1. The van der Waals surface area contributed by atoms with E-state index in [9.17, 15) is 9.59 Å². The molecule has 0 aromatic rings. The summed E-state index contributed by atoms with van der Waals surface area (Å²) in [6.45, 7) is 7.27. The quantitative estimate of drug-likeness (QED) is 0.624. The van der Waals surface area contributed by atoms with Crippen LogP contribution in [-0.4, -0.2) is 38.1 Å². The molecule has 0 radical (unpaired) electrons. The largest absolute Gasteiger partial charge is 0.338 e. The average molecular weight is 242 g/mol. The van der Waals surface area contributed by atoms with E-state index in [1.807, 2.05) is 6.92 Å². The first-order chi connectivity index (χ1) is 8.11. The molecule has 5 nitrogen and oxygen atoms in total. The fourth-order valence-electron chi connectivity index (χ4n) is 2.24. The summed E-state index contributed by atoms with van der Waals surface area (Å²) in [4.78, 5) is 24.1. The van der Waals surface area contributed by atoms with Crippen molar-refractivity contribution in [3.8, 4) is 0 Å². The molecule has 1 saturated heterocycles. The Balaban J connectivity index is 2.21. The van der Waals surface area contributed by atoms with Gasteiger partial charge in [0.1, 0.15) is 0 Å². The predicted octanol–water partition coefficient (Wildman–Crippen LogP) is -0.463. The lowest BCUT2D eigenvalue weighted by Crippen LogP contribution is -3.14. The molecular weight excluding hydrogens is 218 g/mol. The van der Waals surface area contributed by atoms with Crippen molar-refractivity contribution >= 4 is 11.9 Å². The number of carbonyl (C=O) groups is 2. The number of quaternary nitrogens is 1. The van der Waals surface area contributed by atoms with E-state index in [1.54, 1.807) is 0 Å². The van der Waals surface area contributed by atoms with Gasteiger partial charge in [-0.3, -0.25) is 10.1 Å². The third-order valence-electron chi connectivity index (χ3n) is 3.06. The molecule has 1 aliphatic heterocycles. The van der Waals surface area contributed by atoms with E-state index in [1.165, 1.54) is 17.7 Å². The number of imide groups is 1. The third-order valence-corrected chi connectivity index (χ3v) is 3.06. The van der Waals surface area contributed by atoms with Crippen molar-refractivity contribution in [2.75, 3.05) is 26.2 Å². The Morgan fingerprint density at radius 3 is 2.82 bits per heavy atom. The molecule has 0 spiro atoms. The Kier molecular flexibility index (Phi) is 5.97. The molecule has 3 N–H and O–H groups in total. The first-order valence-electron chi connectivity index (χ1n) is 6.53. The highest BCUT2D eigenvalue weighted by Crippen LogP contribution is 2.04. The average Bonchev–Trinajstić information content (AvgIpc) is 2.26. The van der Waals surface area contributed by atoms with Crippen LogP contribution in [0, 0.1) is 5.92 Å². The van der Waals surface area contributed by atoms with Crippen molar-refractivity contribution in [1.82, 2.24) is 10.6 Å². The first-order valence-corrected chi connectivity index (χ1v) is 6.53. The normalized spacial score (nSPS) is 24.1. The summed E-state index contributed by atoms with van der Waals surface area (Å²) >= 11 is 0. The van der Waals surface area contributed by atoms with Gasteiger partial charge in [0, 0.05) is 12.5 Å². The van der Waals surface area contributed by atoms with Crippen LogP contribution >= 0.6 is 0 Å². The van der Waals surface area contributed by atoms with Crippen LogP contribution in [0.25, 0.3) is 0 Å². The number of nitrogens with one attached hydrogen (secondary N) is 3. The smallest absolute Gasteiger partial charge is 0.321 e. The predicted molar refractivity (Wildman–Crippen MR) is 65.8 cm³/mol. The zero-order valence-corrected chi connectivity index (χ0v) is 10.8. The Labute approximate surface area is 103 Å². The fourth-order valence-corrected chi connectivity index (χ4v) is 2.24. The fraction of sp³-hybridized carbons (Fsp3) is 0.833. The number of hydrogen-bond donors (Lipinski definition) is 3. The van der Waals surface area contributed by atoms with E-state index in [-0.39, 0.29) is 11.9 Å². The van der Waals surface area contributed by atoms with Gasteiger partial charge < -0.3 is 10.2 Å². The van der Waals surface area contributed by atoms with Crippen LogP contribution < -0.4 is 15.5 Å². The zero-order valence-electron chi connectivity index (χ0n) is 10.8. The van der Waals surface area contributed by atoms with E-state index in [0.717, 1.165) is 19.5 Å². The minimum absolute atomic E-state index is 0.178. The van der Waals surface area contributed by atoms with Gasteiger partial charge in [-0.1, -0.05) is 13.8 Å². The summed E-state index contributed by atoms with van der Waals surface area (Å²) in [6.07, 6.45) is 3.30. The second-order valence-corrected chi connectivity index (χ2v) is 4.93. The molecule has 0 aromatic carbocycles. The molecular formula is C12H24N3O2+. The molecule has 17 heavy (non-hydrogen) atoms. The van der Waals surface area contributed by atoms with Crippen LogP contribution in [-0.2, 0) is 4.79 Å². The summed E-state index contributed by atoms with van der Waals surface area (Å²) in [7, 11) is 0. The highest BCUT2D eigenvalue weighted by atomic mass is 16.2. The third kappa shape index (κ3) is 5.68. The maximum absolute atomic E-state index is 11.6. The molecule has 5 heteroatoms. The van der Waals surface area contributed by atoms with Crippen LogP contribution in [0.5, 0.6) is 0 Å². The second kappa shape index (κ2) is 7.27. The lowest BCUT2D eigenvalue weighted by atomic mass is 10.0. The summed E-state index contributed by atoms with van der Waals surface area (Å²) in [5.74, 6) is 0.503. The number of carbonyl (C=O) groups excluding carboxylic acids is 2. The van der Waals surface area contributed by atoms with Crippen LogP contribution in [0.3, 0.4) is 0 Å². The van der Waals surface area contributed by atoms with Gasteiger partial charge in [0.15, 0.2) is 6.54 Å². The van der Waals surface area contributed by atoms with Gasteiger partial charge >= 0.3 is 6.03 Å². The topological polar surface area (TPSA) is 62.6 Å². The molecule has 0 saturated carbocycles. The molecule has 2 atom stereocenters. The van der Waals surface area contributed by atoms with E-state index in [2.05, 4.69) is 17.6 Å². The summed E-state index contributed by atoms with van der Waals surface area (Å²) in [5.41, 5.74) is 0. The maximum atomic E-state index is 11.6. The molecule has 0 aromatic heterocycles. The highest BCUT2D eigenvalue weighted by molar-refractivity contribution is 5.94. The Morgan fingerprint density at radius 1 is 1.41 bits per heavy atom. The first kappa shape index (κ1) is 14.0. The number of piperidine rings is 1. The highest BCUT2D eigenvalue weighted by Gasteiger charge is 2.22. The molecule has 0 aliphatic carbocycles. The van der Waals surface area contributed by atoms with E-state index < -0.39 is 0 Å². The van der Waals surface area contributed by atoms with Crippen molar-refractivity contribution in [2.45, 2.75) is 33.1 Å². The van der Waals surface area contributed by atoms with E-state index >= 15 is 0 Å². The minimum Gasteiger partial charge on any atom is -0.338 e. The van der Waals surface area contributed by atoms with Crippen molar-refractivity contribution in [3.63, 3.8) is 0 Å². The van der Waals surface area contributed by atoms with Crippen LogP contribution in [0.4, 0.5) is 4.79 Å². The van der Waals surface area contributed by atoms with Crippen molar-refractivity contribution in [1.29, 1.82) is 0 Å². The molecule has 1 fully saturated rings. The molecule has 1 unspecified atom stereocenters. The number of likely N-dealkylation sites (tertiary alicyclic amines) is 1. The van der Waals surface area contributed by atoms with Crippen LogP contribution in [0.2, 0.25) is 0 Å². The van der Waals surface area contributed by atoms with Gasteiger partial charge in [-0.05, 0) is 19.3 Å². The number of hydrogen-bond acceptors (Lipinski definition) is 2. The minimum atomic E-state index is -0.374. The zero-order chi connectivity index (χ0) is 12.7. The van der Waals surface area contributed by atoms with Crippen molar-refractivity contribution in [3.05, 3.63) is 0 Å². The summed E-state index contributed by atoms with van der Waals surface area (Å²) in [6, 6.07) is -0.374. The lowest BCUT2D eigenvalue weighted by Gasteiger charge is -2.27. The maximum Gasteiger partial charge on any atom is 0.321 e. The summed E-state index contributed by atoms with van der Waals surface area (Å²) < 4.78 is 0. The lowest BCUT2D eigenvalue weighted by molar-refractivity contribution is -0.900. The van der Waals surface area contributed by atoms with Crippen molar-refractivity contribution < 1.29 is 14.5 Å². The van der Waals surface area contributed by atoms with Crippen molar-refractivity contribution in [2.24, 2.45) is 5.92 Å². The van der Waals surface area contributed by atoms with Gasteiger partial charge in [0.25, 0.3) is 5.91 Å². The molecule has 3 amide bonds. The van der Waals surface area contributed by atoms with E-state index in [4.69, 9.17) is 0 Å². The van der Waals surface area contributed by atoms with Crippen LogP contribution in [0.1, 0.15) is 33.1 Å². The van der Waals surface area contributed by atoms with E-state index in [0.29, 0.717) is 19.0 Å². The molecule has 1 rings (SSSR count). The SMILES string of the molecule is CCCNC(=O)NC(=O)C[NH+]1CCC[C@@H](C)C1. The van der Waals surface area contributed by atoms with Gasteiger partial charge in [0.2, 0.25) is 0 Å². The molecule has 1 aliphatic rings. The Bertz CT molecular complexity index is 268. The molecule has 1 heterocycles. The van der Waals surface area contributed by atoms with Gasteiger partial charge in [-0.25, -0.2) is 4.79 Å². The number of amides is 3.